The number of hydrogen-bond donors (Lipinski definition) is 1. The van der Waals surface area contributed by atoms with Crippen molar-refractivity contribution < 1.29 is 28.6 Å². The third-order valence-electron chi connectivity index (χ3n) is 5.57. The van der Waals surface area contributed by atoms with E-state index in [1.807, 2.05) is 0 Å². The van der Waals surface area contributed by atoms with Gasteiger partial charge in [-0.15, -0.1) is 11.3 Å². The zero-order chi connectivity index (χ0) is 23.5. The number of benzene rings is 2. The molecule has 0 fully saturated rings. The van der Waals surface area contributed by atoms with Crippen molar-refractivity contribution in [1.29, 1.82) is 0 Å². The molecule has 4 rings (SSSR count). The van der Waals surface area contributed by atoms with Crippen LogP contribution in [-0.2, 0) is 11.2 Å². The van der Waals surface area contributed by atoms with E-state index in [4.69, 9.17) is 9.47 Å². The van der Waals surface area contributed by atoms with Crippen LogP contribution in [0.5, 0.6) is 11.5 Å². The first-order valence-corrected chi connectivity index (χ1v) is 11.1. The number of methoxy groups -OCH3 is 2. The maximum absolute atomic E-state index is 13.3. The monoisotopic (exact) mass is 467 g/mol. The van der Waals surface area contributed by atoms with Gasteiger partial charge in [-0.1, -0.05) is 24.3 Å². The van der Waals surface area contributed by atoms with Gasteiger partial charge in [0.25, 0.3) is 5.91 Å². The van der Waals surface area contributed by atoms with Crippen molar-refractivity contribution in [2.45, 2.75) is 12.5 Å². The third-order valence-corrected chi connectivity index (χ3v) is 6.44. The zero-order valence-electron chi connectivity index (χ0n) is 18.1. The summed E-state index contributed by atoms with van der Waals surface area (Å²) < 4.78 is 24.0. The lowest BCUT2D eigenvalue weighted by Gasteiger charge is -2.27. The van der Waals surface area contributed by atoms with Crippen LogP contribution in [0.3, 0.4) is 0 Å². The molecule has 6 nitrogen and oxygen atoms in total. The standard InChI is InChI=1S/C25H22FNO5S/c1-31-18-10-7-16(14-19(18)32-2)22-21(23(28)20-4-3-13-33-20)24(29)25(30)27(22)12-11-15-5-8-17(26)9-6-15/h3-10,13-14,22,29H,11-12H2,1-2H3. The molecule has 2 heterocycles. The summed E-state index contributed by atoms with van der Waals surface area (Å²) in [6.07, 6.45) is 0.420. The van der Waals surface area contributed by atoms with Gasteiger partial charge in [0, 0.05) is 6.54 Å². The smallest absolute Gasteiger partial charge is 0.290 e. The Morgan fingerprint density at radius 1 is 1.09 bits per heavy atom. The Hall–Kier alpha value is -3.65. The molecule has 0 spiro atoms. The molecule has 2 aromatic carbocycles. The lowest BCUT2D eigenvalue weighted by Crippen LogP contribution is -2.33. The van der Waals surface area contributed by atoms with Gasteiger partial charge in [0.15, 0.2) is 17.3 Å². The molecule has 170 valence electrons. The average Bonchev–Trinajstić information content (AvgIpc) is 3.45. The normalized spacial score (nSPS) is 15.8. The molecule has 1 aliphatic heterocycles. The van der Waals surface area contributed by atoms with Gasteiger partial charge >= 0.3 is 0 Å². The largest absolute Gasteiger partial charge is 0.503 e. The fraction of sp³-hybridized carbons (Fsp3) is 0.200. The van der Waals surface area contributed by atoms with Crippen LogP contribution in [0.1, 0.15) is 26.8 Å². The highest BCUT2D eigenvalue weighted by molar-refractivity contribution is 7.12. The second kappa shape index (κ2) is 9.46. The highest BCUT2D eigenvalue weighted by atomic mass is 32.1. The summed E-state index contributed by atoms with van der Waals surface area (Å²) in [6.45, 7) is 0.217. The van der Waals surface area contributed by atoms with Gasteiger partial charge in [-0.25, -0.2) is 4.39 Å². The molecule has 1 atom stereocenters. The van der Waals surface area contributed by atoms with Crippen LogP contribution in [-0.4, -0.2) is 42.5 Å². The van der Waals surface area contributed by atoms with Crippen molar-refractivity contribution in [1.82, 2.24) is 4.90 Å². The number of ether oxygens (including phenoxy) is 2. The van der Waals surface area contributed by atoms with Crippen LogP contribution in [0.15, 0.2) is 71.3 Å². The Morgan fingerprint density at radius 2 is 1.82 bits per heavy atom. The van der Waals surface area contributed by atoms with Crippen molar-refractivity contribution in [3.05, 3.63) is 93.1 Å². The van der Waals surface area contributed by atoms with Gasteiger partial charge < -0.3 is 19.5 Å². The number of nitrogens with zero attached hydrogens (tertiary/aromatic N) is 1. The van der Waals surface area contributed by atoms with Crippen molar-refractivity contribution in [3.63, 3.8) is 0 Å². The first-order valence-electron chi connectivity index (χ1n) is 10.2. The molecule has 1 aliphatic rings. The third kappa shape index (κ3) is 4.34. The summed E-state index contributed by atoms with van der Waals surface area (Å²) in [5.41, 5.74) is 1.45. The number of aliphatic hydroxyl groups excluding tert-OH is 1. The van der Waals surface area contributed by atoms with Gasteiger partial charge in [-0.05, 0) is 53.3 Å². The predicted molar refractivity (Wildman–Crippen MR) is 122 cm³/mol. The molecule has 1 aromatic heterocycles. The number of Topliss-reactive ketones (excluding diaryl/α,β-unsaturated/α-hetero) is 1. The van der Waals surface area contributed by atoms with Gasteiger partial charge in [0.1, 0.15) is 5.82 Å². The lowest BCUT2D eigenvalue weighted by atomic mass is 9.95. The van der Waals surface area contributed by atoms with Crippen LogP contribution in [0, 0.1) is 5.82 Å². The quantitative estimate of drug-likeness (QED) is 0.485. The van der Waals surface area contributed by atoms with Crippen molar-refractivity contribution >= 4 is 23.0 Å². The molecule has 1 amide bonds. The topological polar surface area (TPSA) is 76.1 Å². The second-order valence-electron chi connectivity index (χ2n) is 7.46. The summed E-state index contributed by atoms with van der Waals surface area (Å²) in [5.74, 6) is -0.996. The molecule has 0 bridgehead atoms. The van der Waals surface area contributed by atoms with Crippen LogP contribution < -0.4 is 9.47 Å². The van der Waals surface area contributed by atoms with Gasteiger partial charge in [0.2, 0.25) is 5.78 Å². The van der Waals surface area contributed by atoms with E-state index >= 15 is 0 Å². The number of halogens is 1. The molecule has 0 saturated heterocycles. The first-order chi connectivity index (χ1) is 15.9. The second-order valence-corrected chi connectivity index (χ2v) is 8.41. The SMILES string of the molecule is COc1ccc(C2C(C(=O)c3cccs3)=C(O)C(=O)N2CCc2ccc(F)cc2)cc1OC. The molecular weight excluding hydrogens is 445 g/mol. The highest BCUT2D eigenvalue weighted by Gasteiger charge is 2.44. The minimum absolute atomic E-state index is 0.0220. The van der Waals surface area contributed by atoms with Crippen LogP contribution >= 0.6 is 11.3 Å². The maximum Gasteiger partial charge on any atom is 0.290 e. The number of ketones is 1. The molecule has 1 N–H and O–H groups in total. The molecular formula is C25H22FNO5S. The Balaban J connectivity index is 1.74. The van der Waals surface area contributed by atoms with Crippen molar-refractivity contribution in [2.75, 3.05) is 20.8 Å². The lowest BCUT2D eigenvalue weighted by molar-refractivity contribution is -0.129. The summed E-state index contributed by atoms with van der Waals surface area (Å²) in [4.78, 5) is 28.3. The summed E-state index contributed by atoms with van der Waals surface area (Å²) in [7, 11) is 3.02. The zero-order valence-corrected chi connectivity index (χ0v) is 18.9. The van der Waals surface area contributed by atoms with Gasteiger partial charge in [-0.2, -0.15) is 0 Å². The highest BCUT2D eigenvalue weighted by Crippen LogP contribution is 2.42. The van der Waals surface area contributed by atoms with E-state index in [0.717, 1.165) is 5.56 Å². The van der Waals surface area contributed by atoms with E-state index in [2.05, 4.69) is 0 Å². The number of aliphatic hydroxyl groups is 1. The average molecular weight is 468 g/mol. The molecule has 3 aromatic rings. The Labute approximate surface area is 194 Å². The van der Waals surface area contributed by atoms with Crippen LogP contribution in [0.25, 0.3) is 0 Å². The van der Waals surface area contributed by atoms with E-state index < -0.39 is 23.5 Å². The fourth-order valence-corrected chi connectivity index (χ4v) is 4.60. The molecule has 0 aliphatic carbocycles. The van der Waals surface area contributed by atoms with E-state index in [-0.39, 0.29) is 17.9 Å². The number of rotatable bonds is 8. The first kappa shape index (κ1) is 22.5. The number of carbonyl (C=O) groups is 2. The van der Waals surface area contributed by atoms with E-state index in [1.54, 1.807) is 47.8 Å². The fourth-order valence-electron chi connectivity index (χ4n) is 3.93. The minimum atomic E-state index is -0.813. The summed E-state index contributed by atoms with van der Waals surface area (Å²) in [6, 6.07) is 13.7. The van der Waals surface area contributed by atoms with E-state index in [0.29, 0.717) is 28.4 Å². The Kier molecular flexibility index (Phi) is 6.46. The maximum atomic E-state index is 13.3. The molecule has 33 heavy (non-hydrogen) atoms. The van der Waals surface area contributed by atoms with Gasteiger partial charge in [-0.3, -0.25) is 9.59 Å². The van der Waals surface area contributed by atoms with E-state index in [9.17, 15) is 19.1 Å². The number of carbonyl (C=O) groups excluding carboxylic acids is 2. The molecule has 1 unspecified atom stereocenters. The predicted octanol–water partition coefficient (Wildman–Crippen LogP) is 4.73. The number of hydrogen-bond acceptors (Lipinski definition) is 6. The molecule has 0 radical (unpaired) electrons. The Bertz CT molecular complexity index is 1200. The number of thiophene rings is 1. The Morgan fingerprint density at radius 3 is 2.45 bits per heavy atom. The number of amides is 1. The molecule has 8 heteroatoms. The summed E-state index contributed by atoms with van der Waals surface area (Å²) >= 11 is 1.24. The van der Waals surface area contributed by atoms with Crippen molar-refractivity contribution in [3.8, 4) is 11.5 Å². The van der Waals surface area contributed by atoms with Gasteiger partial charge in [0.05, 0.1) is 30.7 Å². The summed E-state index contributed by atoms with van der Waals surface area (Å²) in [5, 5.41) is 12.5. The van der Waals surface area contributed by atoms with Crippen molar-refractivity contribution in [2.24, 2.45) is 0 Å². The van der Waals surface area contributed by atoms with Crippen LogP contribution in [0.4, 0.5) is 4.39 Å². The van der Waals surface area contributed by atoms with E-state index in [1.165, 1.54) is 42.6 Å². The van der Waals surface area contributed by atoms with Crippen LogP contribution in [0.2, 0.25) is 0 Å². The minimum Gasteiger partial charge on any atom is -0.503 e. The molecule has 0 saturated carbocycles.